The Morgan fingerprint density at radius 1 is 1.23 bits per heavy atom. The second kappa shape index (κ2) is 9.30. The van der Waals surface area contributed by atoms with Gasteiger partial charge in [0.25, 0.3) is 0 Å². The van der Waals surface area contributed by atoms with E-state index in [1.165, 1.54) is 38.5 Å². The maximum Gasteiger partial charge on any atom is 0.0811 e. The Hall–Kier alpha value is -0.900. The van der Waals surface area contributed by atoms with E-state index in [9.17, 15) is 15.3 Å². The zero-order valence-electron chi connectivity index (χ0n) is 19.7. The van der Waals surface area contributed by atoms with Gasteiger partial charge in [0.05, 0.1) is 17.8 Å². The van der Waals surface area contributed by atoms with Crippen LogP contribution in [0.2, 0.25) is 0 Å². The molecule has 3 heteroatoms. The summed E-state index contributed by atoms with van der Waals surface area (Å²) < 4.78 is 0. The lowest BCUT2D eigenvalue weighted by atomic mass is 9.60. The molecule has 170 valence electrons. The molecular formula is C27H44O3. The van der Waals surface area contributed by atoms with Gasteiger partial charge in [-0.2, -0.15) is 0 Å². The lowest BCUT2D eigenvalue weighted by Gasteiger charge is -2.44. The third-order valence-electron chi connectivity index (χ3n) is 8.44. The van der Waals surface area contributed by atoms with Gasteiger partial charge in [0, 0.05) is 6.42 Å². The van der Waals surface area contributed by atoms with E-state index in [-0.39, 0.29) is 0 Å². The van der Waals surface area contributed by atoms with Gasteiger partial charge < -0.3 is 15.3 Å². The van der Waals surface area contributed by atoms with Gasteiger partial charge in [-0.25, -0.2) is 0 Å². The van der Waals surface area contributed by atoms with Crippen molar-refractivity contribution in [1.82, 2.24) is 0 Å². The summed E-state index contributed by atoms with van der Waals surface area (Å²) in [4.78, 5) is 0. The first kappa shape index (κ1) is 23.8. The zero-order valence-corrected chi connectivity index (χ0v) is 19.7. The largest absolute Gasteiger partial charge is 0.393 e. The molecule has 3 aliphatic rings. The number of allylic oxidation sites excluding steroid dienone is 3. The number of rotatable bonds is 6. The van der Waals surface area contributed by atoms with Crippen LogP contribution in [0.3, 0.4) is 0 Å². The summed E-state index contributed by atoms with van der Waals surface area (Å²) in [6.07, 6.45) is 13.9. The average molecular weight is 417 g/mol. The van der Waals surface area contributed by atoms with Gasteiger partial charge >= 0.3 is 0 Å². The van der Waals surface area contributed by atoms with Crippen molar-refractivity contribution >= 4 is 0 Å². The molecule has 0 radical (unpaired) electrons. The Morgan fingerprint density at radius 3 is 2.67 bits per heavy atom. The van der Waals surface area contributed by atoms with Crippen LogP contribution in [0.1, 0.15) is 91.9 Å². The maximum absolute atomic E-state index is 10.1. The second-order valence-corrected chi connectivity index (χ2v) is 11.3. The quantitative estimate of drug-likeness (QED) is 0.520. The maximum atomic E-state index is 10.1. The van der Waals surface area contributed by atoms with Crippen molar-refractivity contribution in [3.8, 4) is 0 Å². The van der Waals surface area contributed by atoms with Gasteiger partial charge in [0.15, 0.2) is 0 Å². The minimum absolute atomic E-state index is 0.374. The van der Waals surface area contributed by atoms with E-state index in [1.54, 1.807) is 5.57 Å². The molecule has 0 amide bonds. The first-order valence-corrected chi connectivity index (χ1v) is 12.2. The summed E-state index contributed by atoms with van der Waals surface area (Å²) in [5.74, 6) is 2.11. The Morgan fingerprint density at radius 2 is 1.97 bits per heavy atom. The molecule has 6 atom stereocenters. The van der Waals surface area contributed by atoms with Crippen molar-refractivity contribution in [3.05, 3.63) is 35.5 Å². The van der Waals surface area contributed by atoms with Gasteiger partial charge in [-0.1, -0.05) is 51.0 Å². The molecule has 0 saturated heterocycles. The third kappa shape index (κ3) is 5.29. The number of hydrogen-bond acceptors (Lipinski definition) is 3. The van der Waals surface area contributed by atoms with E-state index in [0.29, 0.717) is 30.1 Å². The van der Waals surface area contributed by atoms with Crippen LogP contribution in [0.25, 0.3) is 0 Å². The standard InChI is InChI=1S/C27H44O3/c1-18(8-6-14-26(3,4)30)23-12-13-24-20(9-7-15-27(23,24)5)10-11-21-16-22(28)17-25(29)19(21)2/h10-11,18,22-25,28-30H,2,6-9,12-17H2,1,3-5H3/b20-10+,21-11?/t18?,22-,23-,24+,25+,27?/m1/s1. The fourth-order valence-corrected chi connectivity index (χ4v) is 6.74. The van der Waals surface area contributed by atoms with Crippen LogP contribution in [0.15, 0.2) is 35.5 Å². The molecule has 30 heavy (non-hydrogen) atoms. The molecule has 0 aromatic carbocycles. The van der Waals surface area contributed by atoms with Crippen LogP contribution < -0.4 is 0 Å². The molecule has 0 aromatic heterocycles. The molecule has 3 nitrogen and oxygen atoms in total. The summed E-state index contributed by atoms with van der Waals surface area (Å²) >= 11 is 0. The van der Waals surface area contributed by atoms with Crippen molar-refractivity contribution < 1.29 is 15.3 Å². The van der Waals surface area contributed by atoms with Crippen LogP contribution in [0.4, 0.5) is 0 Å². The highest BCUT2D eigenvalue weighted by Gasteiger charge is 2.50. The lowest BCUT2D eigenvalue weighted by molar-refractivity contribution is 0.0596. The molecule has 0 aliphatic heterocycles. The second-order valence-electron chi connectivity index (χ2n) is 11.3. The van der Waals surface area contributed by atoms with Crippen LogP contribution >= 0.6 is 0 Å². The Bertz CT molecular complexity index is 683. The van der Waals surface area contributed by atoms with E-state index in [1.807, 2.05) is 13.8 Å². The fourth-order valence-electron chi connectivity index (χ4n) is 6.74. The summed E-state index contributed by atoms with van der Waals surface area (Å²) in [5.41, 5.74) is 3.17. The van der Waals surface area contributed by atoms with E-state index in [0.717, 1.165) is 29.9 Å². The van der Waals surface area contributed by atoms with Gasteiger partial charge in [0.2, 0.25) is 0 Å². The smallest absolute Gasteiger partial charge is 0.0811 e. The van der Waals surface area contributed by atoms with Crippen LogP contribution in [-0.2, 0) is 0 Å². The first-order valence-electron chi connectivity index (χ1n) is 12.2. The summed E-state index contributed by atoms with van der Waals surface area (Å²) in [6.45, 7) is 12.8. The minimum atomic E-state index is -0.615. The molecule has 0 aromatic rings. The predicted octanol–water partition coefficient (Wildman–Crippen LogP) is 5.70. The molecule has 0 heterocycles. The Labute approximate surface area is 184 Å². The predicted molar refractivity (Wildman–Crippen MR) is 124 cm³/mol. The average Bonchev–Trinajstić information content (AvgIpc) is 3.00. The Kier molecular flexibility index (Phi) is 7.37. The molecule has 0 bridgehead atoms. The Balaban J connectivity index is 1.70. The summed E-state index contributed by atoms with van der Waals surface area (Å²) in [7, 11) is 0. The molecule has 3 rings (SSSR count). The highest BCUT2D eigenvalue weighted by atomic mass is 16.3. The molecular weight excluding hydrogens is 372 g/mol. The highest BCUT2D eigenvalue weighted by molar-refractivity contribution is 5.38. The van der Waals surface area contributed by atoms with Crippen molar-refractivity contribution in [2.75, 3.05) is 0 Å². The monoisotopic (exact) mass is 416 g/mol. The minimum Gasteiger partial charge on any atom is -0.393 e. The number of hydrogen-bond donors (Lipinski definition) is 3. The summed E-state index contributed by atoms with van der Waals surface area (Å²) in [6, 6.07) is 0. The fraction of sp³-hybridized carbons (Fsp3) is 0.778. The highest BCUT2D eigenvalue weighted by Crippen LogP contribution is 2.60. The van der Waals surface area contributed by atoms with Gasteiger partial charge in [0.1, 0.15) is 0 Å². The first-order chi connectivity index (χ1) is 14.0. The number of fused-ring (bicyclic) bond motifs is 1. The molecule has 3 aliphatic carbocycles. The molecule has 0 spiro atoms. The van der Waals surface area contributed by atoms with Crippen molar-refractivity contribution in [1.29, 1.82) is 0 Å². The topological polar surface area (TPSA) is 60.7 Å². The van der Waals surface area contributed by atoms with E-state index >= 15 is 0 Å². The van der Waals surface area contributed by atoms with E-state index in [2.05, 4.69) is 32.6 Å². The normalized spacial score (nSPS) is 38.8. The van der Waals surface area contributed by atoms with Gasteiger partial charge in [-0.05, 0) is 93.1 Å². The molecule has 3 saturated carbocycles. The number of aliphatic hydroxyl groups is 3. The van der Waals surface area contributed by atoms with Crippen LogP contribution in [0, 0.1) is 23.2 Å². The lowest BCUT2D eigenvalue weighted by Crippen LogP contribution is -2.36. The number of aliphatic hydroxyl groups excluding tert-OH is 2. The van der Waals surface area contributed by atoms with Crippen molar-refractivity contribution in [2.45, 2.75) is 110 Å². The molecule has 3 N–H and O–H groups in total. The van der Waals surface area contributed by atoms with Crippen molar-refractivity contribution in [3.63, 3.8) is 0 Å². The molecule has 2 unspecified atom stereocenters. The summed E-state index contributed by atoms with van der Waals surface area (Å²) in [5, 5.41) is 30.2. The van der Waals surface area contributed by atoms with E-state index < -0.39 is 17.8 Å². The van der Waals surface area contributed by atoms with Crippen LogP contribution in [-0.4, -0.2) is 33.1 Å². The SMILES string of the molecule is C=C1C(=C/C=C2\CCCC3(C)[C@@H](C(C)CCCC(C)(C)O)CC[C@@H]23)C[C@@H](O)C[C@@H]1O. The van der Waals surface area contributed by atoms with Gasteiger partial charge in [-0.3, -0.25) is 0 Å². The van der Waals surface area contributed by atoms with Crippen LogP contribution in [0.5, 0.6) is 0 Å². The van der Waals surface area contributed by atoms with Crippen molar-refractivity contribution in [2.24, 2.45) is 23.2 Å². The molecule has 3 fully saturated rings. The zero-order chi connectivity index (χ0) is 22.1. The third-order valence-corrected chi connectivity index (χ3v) is 8.44. The van der Waals surface area contributed by atoms with Gasteiger partial charge in [-0.15, -0.1) is 0 Å². The van der Waals surface area contributed by atoms with E-state index in [4.69, 9.17) is 0 Å².